The number of carbonyl (C=O) groups is 1. The number of halogens is 1. The lowest BCUT2D eigenvalue weighted by Crippen LogP contribution is -2.43. The fraction of sp³-hybridized carbons (Fsp3) is 0.471. The molecule has 0 spiro atoms. The molecule has 1 amide bonds. The number of anilines is 1. The normalized spacial score (nSPS) is 25.7. The quantitative estimate of drug-likeness (QED) is 0.864. The summed E-state index contributed by atoms with van der Waals surface area (Å²) in [5, 5.41) is 12.8. The molecule has 1 saturated heterocycles. The summed E-state index contributed by atoms with van der Waals surface area (Å²) in [6, 6.07) is 5.22. The number of aliphatic hydroxyl groups is 1. The molecular weight excluding hydrogens is 344 g/mol. The molecule has 2 aromatic rings. The number of β-amino-alcohol motifs (C(OH)–C–C–N with tert-alkyl or cyclic N) is 1. The Hall–Kier alpha value is -2.12. The second kappa shape index (κ2) is 6.65. The molecule has 25 heavy (non-hydrogen) atoms. The van der Waals surface area contributed by atoms with Gasteiger partial charge in [0, 0.05) is 36.8 Å². The van der Waals surface area contributed by atoms with Crippen LogP contribution in [0.15, 0.2) is 28.9 Å². The fourth-order valence-electron chi connectivity index (χ4n) is 3.38. The lowest BCUT2D eigenvalue weighted by Gasteiger charge is -2.35. The molecule has 0 bridgehead atoms. The third-order valence-electron chi connectivity index (χ3n) is 4.85. The van der Waals surface area contributed by atoms with Crippen molar-refractivity contribution in [2.24, 2.45) is 0 Å². The molecule has 8 heteroatoms. The first-order valence-corrected chi connectivity index (χ1v) is 8.77. The van der Waals surface area contributed by atoms with Crippen molar-refractivity contribution in [1.82, 2.24) is 15.3 Å². The summed E-state index contributed by atoms with van der Waals surface area (Å²) in [6.45, 7) is 1.43. The van der Waals surface area contributed by atoms with Gasteiger partial charge in [-0.05, 0) is 43.0 Å². The van der Waals surface area contributed by atoms with E-state index in [0.29, 0.717) is 12.5 Å². The van der Waals surface area contributed by atoms with Crippen molar-refractivity contribution in [2.45, 2.75) is 37.3 Å². The van der Waals surface area contributed by atoms with Crippen molar-refractivity contribution in [1.29, 1.82) is 0 Å². The van der Waals surface area contributed by atoms with Crippen LogP contribution in [0.25, 0.3) is 0 Å². The Morgan fingerprint density at radius 1 is 1.36 bits per heavy atom. The largest absolute Gasteiger partial charge is 0.440 e. The molecule has 132 valence electrons. The molecule has 1 aliphatic carbocycles. The molecule has 4 rings (SSSR count). The molecule has 2 aliphatic rings. The molecule has 0 radical (unpaired) electrons. The molecule has 1 saturated carbocycles. The molecule has 3 heterocycles. The average molecular weight is 363 g/mol. The third-order valence-corrected chi connectivity index (χ3v) is 5.05. The first kappa shape index (κ1) is 16.4. The zero-order valence-corrected chi connectivity index (χ0v) is 14.3. The highest BCUT2D eigenvalue weighted by atomic mass is 35.5. The third kappa shape index (κ3) is 3.48. The molecule has 2 aromatic heterocycles. The van der Waals surface area contributed by atoms with E-state index in [1.165, 1.54) is 0 Å². The van der Waals surface area contributed by atoms with E-state index in [1.54, 1.807) is 18.5 Å². The molecule has 7 nitrogen and oxygen atoms in total. The zero-order chi connectivity index (χ0) is 17.4. The highest BCUT2D eigenvalue weighted by Gasteiger charge is 2.33. The van der Waals surface area contributed by atoms with Gasteiger partial charge < -0.3 is 19.7 Å². The Labute approximate surface area is 150 Å². The second-order valence-corrected chi connectivity index (χ2v) is 7.00. The van der Waals surface area contributed by atoms with Crippen molar-refractivity contribution in [3.05, 3.63) is 41.2 Å². The van der Waals surface area contributed by atoms with Gasteiger partial charge in [-0.2, -0.15) is 0 Å². The van der Waals surface area contributed by atoms with E-state index >= 15 is 0 Å². The van der Waals surface area contributed by atoms with Gasteiger partial charge in [0.1, 0.15) is 12.1 Å². The minimum Gasteiger partial charge on any atom is -0.440 e. The van der Waals surface area contributed by atoms with E-state index < -0.39 is 0 Å². The van der Waals surface area contributed by atoms with Crippen molar-refractivity contribution >= 4 is 23.3 Å². The predicted octanol–water partition coefficient (Wildman–Crippen LogP) is 1.97. The molecule has 0 unspecified atom stereocenters. The Balaban J connectivity index is 1.34. The average Bonchev–Trinajstić information content (AvgIpc) is 3.19. The van der Waals surface area contributed by atoms with Crippen LogP contribution in [0.1, 0.15) is 41.4 Å². The summed E-state index contributed by atoms with van der Waals surface area (Å²) in [7, 11) is 0. The number of nitrogens with zero attached hydrogens (tertiary/aromatic N) is 3. The van der Waals surface area contributed by atoms with Gasteiger partial charge in [0.15, 0.2) is 11.0 Å². The SMILES string of the molecule is O=C(NC1CC(c2cc(N3CC[C@@H](O)C3)ncn2)C1)c1ccc(Cl)o1. The number of aromatic nitrogens is 2. The lowest BCUT2D eigenvalue weighted by atomic mass is 9.78. The Bertz CT molecular complexity index is 775. The number of furan rings is 1. The van der Waals surface area contributed by atoms with E-state index in [-0.39, 0.29) is 29.0 Å². The first-order valence-electron chi connectivity index (χ1n) is 8.39. The summed E-state index contributed by atoms with van der Waals surface area (Å²) in [5.41, 5.74) is 0.984. The summed E-state index contributed by atoms with van der Waals surface area (Å²) in [4.78, 5) is 22.8. The highest BCUT2D eigenvalue weighted by Crippen LogP contribution is 2.37. The summed E-state index contributed by atoms with van der Waals surface area (Å²) >= 11 is 5.69. The van der Waals surface area contributed by atoms with Crippen LogP contribution in [0.3, 0.4) is 0 Å². The van der Waals surface area contributed by atoms with Crippen molar-refractivity contribution < 1.29 is 14.3 Å². The van der Waals surface area contributed by atoms with Crippen LogP contribution < -0.4 is 10.2 Å². The minimum absolute atomic E-state index is 0.105. The van der Waals surface area contributed by atoms with Gasteiger partial charge in [0.25, 0.3) is 5.91 Å². The topological polar surface area (TPSA) is 91.5 Å². The Morgan fingerprint density at radius 3 is 2.88 bits per heavy atom. The maximum absolute atomic E-state index is 12.0. The molecule has 1 atom stereocenters. The van der Waals surface area contributed by atoms with Crippen LogP contribution in [0, 0.1) is 0 Å². The Kier molecular flexibility index (Phi) is 4.35. The van der Waals surface area contributed by atoms with Crippen LogP contribution in [-0.2, 0) is 0 Å². The minimum atomic E-state index is -0.281. The van der Waals surface area contributed by atoms with Crippen LogP contribution in [0.5, 0.6) is 0 Å². The molecule has 2 N–H and O–H groups in total. The van der Waals surface area contributed by atoms with Crippen molar-refractivity contribution in [3.8, 4) is 0 Å². The maximum atomic E-state index is 12.0. The molecular formula is C17H19ClN4O3. The highest BCUT2D eigenvalue weighted by molar-refractivity contribution is 6.29. The van der Waals surface area contributed by atoms with Gasteiger partial charge in [-0.25, -0.2) is 9.97 Å². The van der Waals surface area contributed by atoms with E-state index in [4.69, 9.17) is 16.0 Å². The number of carbonyl (C=O) groups excluding carboxylic acids is 1. The zero-order valence-electron chi connectivity index (χ0n) is 13.6. The van der Waals surface area contributed by atoms with Gasteiger partial charge in [-0.3, -0.25) is 4.79 Å². The fourth-order valence-corrected chi connectivity index (χ4v) is 3.52. The Morgan fingerprint density at radius 2 is 2.20 bits per heavy atom. The first-order chi connectivity index (χ1) is 12.1. The number of hydrogen-bond donors (Lipinski definition) is 2. The number of amides is 1. The summed E-state index contributed by atoms with van der Waals surface area (Å²) in [5.74, 6) is 1.15. The van der Waals surface area contributed by atoms with Gasteiger partial charge in [0.05, 0.1) is 6.10 Å². The van der Waals surface area contributed by atoms with Gasteiger partial charge in [-0.1, -0.05) is 0 Å². The number of aliphatic hydroxyl groups excluding tert-OH is 1. The number of rotatable bonds is 4. The van der Waals surface area contributed by atoms with E-state index in [9.17, 15) is 9.90 Å². The lowest BCUT2D eigenvalue weighted by molar-refractivity contribution is 0.0880. The monoisotopic (exact) mass is 362 g/mol. The van der Waals surface area contributed by atoms with Crippen molar-refractivity contribution in [2.75, 3.05) is 18.0 Å². The van der Waals surface area contributed by atoms with Gasteiger partial charge >= 0.3 is 0 Å². The van der Waals surface area contributed by atoms with E-state index in [1.807, 2.05) is 6.07 Å². The summed E-state index contributed by atoms with van der Waals surface area (Å²) in [6.07, 6.45) is 3.73. The summed E-state index contributed by atoms with van der Waals surface area (Å²) < 4.78 is 5.11. The molecule has 2 fully saturated rings. The van der Waals surface area contributed by atoms with Crippen LogP contribution >= 0.6 is 11.6 Å². The van der Waals surface area contributed by atoms with Crippen molar-refractivity contribution in [3.63, 3.8) is 0 Å². The van der Waals surface area contributed by atoms with Crippen LogP contribution in [0.4, 0.5) is 5.82 Å². The van der Waals surface area contributed by atoms with Crippen LogP contribution in [-0.4, -0.2) is 46.2 Å². The molecule has 0 aromatic carbocycles. The number of nitrogens with one attached hydrogen (secondary N) is 1. The smallest absolute Gasteiger partial charge is 0.287 e. The van der Waals surface area contributed by atoms with Gasteiger partial charge in [-0.15, -0.1) is 0 Å². The van der Waals surface area contributed by atoms with E-state index in [0.717, 1.165) is 37.3 Å². The van der Waals surface area contributed by atoms with Crippen LogP contribution in [0.2, 0.25) is 5.22 Å². The second-order valence-electron chi connectivity index (χ2n) is 6.63. The number of hydrogen-bond acceptors (Lipinski definition) is 6. The molecule has 1 aliphatic heterocycles. The van der Waals surface area contributed by atoms with Gasteiger partial charge in [0.2, 0.25) is 0 Å². The van der Waals surface area contributed by atoms with E-state index in [2.05, 4.69) is 20.2 Å². The standard InChI is InChI=1S/C17H19ClN4O3/c18-15-2-1-14(25-15)17(24)21-11-5-10(6-11)13-7-16(20-9-19-13)22-4-3-12(23)8-22/h1-2,7,9-12,23H,3-6,8H2,(H,21,24)/t10?,11?,12-/m1/s1. The maximum Gasteiger partial charge on any atom is 0.287 e. The predicted molar refractivity (Wildman–Crippen MR) is 91.8 cm³/mol.